The van der Waals surface area contributed by atoms with Crippen LogP contribution in [0.1, 0.15) is 31.2 Å². The third-order valence-electron chi connectivity index (χ3n) is 5.63. The predicted molar refractivity (Wildman–Crippen MR) is 107 cm³/mol. The SMILES string of the molecule is C=CCO[C@H]1C[C@](OCc2ccc(F)cc2)(C(=O)NC[C@@H]2CCCO2)C[C@@H](O)[C@H]1O. The van der Waals surface area contributed by atoms with E-state index in [-0.39, 0.29) is 38.0 Å². The molecule has 2 aliphatic rings. The number of hydrogen-bond donors (Lipinski definition) is 3. The molecule has 1 saturated carbocycles. The third kappa shape index (κ3) is 5.65. The second-order valence-electron chi connectivity index (χ2n) is 7.88. The van der Waals surface area contributed by atoms with Gasteiger partial charge < -0.3 is 29.7 Å². The maximum absolute atomic E-state index is 13.2. The smallest absolute Gasteiger partial charge is 0.252 e. The van der Waals surface area contributed by atoms with Crippen LogP contribution < -0.4 is 5.32 Å². The van der Waals surface area contributed by atoms with Crippen LogP contribution in [0.5, 0.6) is 0 Å². The van der Waals surface area contributed by atoms with Gasteiger partial charge in [0.2, 0.25) is 0 Å². The summed E-state index contributed by atoms with van der Waals surface area (Å²) in [5, 5.41) is 23.7. The summed E-state index contributed by atoms with van der Waals surface area (Å²) in [7, 11) is 0. The predicted octanol–water partition coefficient (Wildman–Crippen LogP) is 1.46. The zero-order valence-corrected chi connectivity index (χ0v) is 17.0. The highest BCUT2D eigenvalue weighted by Gasteiger charge is 2.51. The number of carbonyl (C=O) groups excluding carboxylic acids is 1. The van der Waals surface area contributed by atoms with Crippen LogP contribution in [-0.4, -0.2) is 65.9 Å². The topological polar surface area (TPSA) is 97.3 Å². The Bertz CT molecular complexity index is 708. The fraction of sp³-hybridized carbons (Fsp3) is 0.591. The fourth-order valence-corrected chi connectivity index (χ4v) is 3.93. The van der Waals surface area contributed by atoms with Crippen molar-refractivity contribution in [2.45, 2.75) is 62.3 Å². The Hall–Kier alpha value is -1.84. The highest BCUT2D eigenvalue weighted by Crippen LogP contribution is 2.35. The first-order chi connectivity index (χ1) is 14.4. The average Bonchev–Trinajstić information content (AvgIpc) is 3.26. The van der Waals surface area contributed by atoms with E-state index in [1.807, 2.05) is 0 Å². The molecule has 3 rings (SSSR count). The lowest BCUT2D eigenvalue weighted by Gasteiger charge is -2.43. The Morgan fingerprint density at radius 3 is 2.77 bits per heavy atom. The summed E-state index contributed by atoms with van der Waals surface area (Å²) in [5.41, 5.74) is -0.718. The van der Waals surface area contributed by atoms with Gasteiger partial charge in [-0.05, 0) is 30.5 Å². The molecule has 30 heavy (non-hydrogen) atoms. The molecule has 1 saturated heterocycles. The molecule has 0 aromatic heterocycles. The van der Waals surface area contributed by atoms with Gasteiger partial charge in [0.05, 0.1) is 31.5 Å². The molecule has 0 unspecified atom stereocenters. The molecule has 1 aliphatic heterocycles. The van der Waals surface area contributed by atoms with E-state index in [1.165, 1.54) is 18.2 Å². The second-order valence-corrected chi connectivity index (χ2v) is 7.88. The lowest BCUT2D eigenvalue weighted by Crippen LogP contribution is -2.61. The highest BCUT2D eigenvalue weighted by molar-refractivity contribution is 5.85. The number of hydrogen-bond acceptors (Lipinski definition) is 6. The van der Waals surface area contributed by atoms with Gasteiger partial charge in [-0.3, -0.25) is 4.79 Å². The molecule has 1 aliphatic carbocycles. The monoisotopic (exact) mass is 423 g/mol. The van der Waals surface area contributed by atoms with Crippen LogP contribution in [0.15, 0.2) is 36.9 Å². The van der Waals surface area contributed by atoms with Crippen molar-refractivity contribution in [3.8, 4) is 0 Å². The molecule has 5 atom stereocenters. The average molecular weight is 423 g/mol. The third-order valence-corrected chi connectivity index (χ3v) is 5.63. The largest absolute Gasteiger partial charge is 0.390 e. The van der Waals surface area contributed by atoms with Crippen molar-refractivity contribution < 1.29 is 33.6 Å². The summed E-state index contributed by atoms with van der Waals surface area (Å²) in [5.74, 6) is -0.755. The van der Waals surface area contributed by atoms with Gasteiger partial charge in [0.25, 0.3) is 5.91 Å². The standard InChI is InChI=1S/C22H30FNO6/c1-2-9-29-19-12-22(11-18(25)20(19)26,21(27)24-13-17-4-3-10-28-17)30-14-15-5-7-16(23)8-6-15/h2,5-8,17-20,25-26H,1,3-4,9-14H2,(H,24,27)/t17-,18+,19-,20+,22-/m0/s1. The molecule has 166 valence electrons. The molecular formula is C22H30FNO6. The second kappa shape index (κ2) is 10.5. The van der Waals surface area contributed by atoms with Crippen LogP contribution in [0, 0.1) is 5.82 Å². The van der Waals surface area contributed by atoms with Gasteiger partial charge in [-0.2, -0.15) is 0 Å². The molecule has 1 heterocycles. The molecule has 8 heteroatoms. The van der Waals surface area contributed by atoms with E-state index >= 15 is 0 Å². The van der Waals surface area contributed by atoms with E-state index in [0.717, 1.165) is 12.8 Å². The number of halogens is 1. The van der Waals surface area contributed by atoms with E-state index < -0.39 is 29.8 Å². The summed E-state index contributed by atoms with van der Waals surface area (Å²) >= 11 is 0. The lowest BCUT2D eigenvalue weighted by atomic mass is 9.78. The number of rotatable bonds is 9. The number of carbonyl (C=O) groups is 1. The first-order valence-corrected chi connectivity index (χ1v) is 10.3. The van der Waals surface area contributed by atoms with E-state index in [9.17, 15) is 19.4 Å². The van der Waals surface area contributed by atoms with Crippen LogP contribution in [-0.2, 0) is 25.6 Å². The highest BCUT2D eigenvalue weighted by atomic mass is 19.1. The van der Waals surface area contributed by atoms with E-state index in [4.69, 9.17) is 14.2 Å². The molecule has 1 aromatic rings. The summed E-state index contributed by atoms with van der Waals surface area (Å²) < 4.78 is 30.4. The van der Waals surface area contributed by atoms with Crippen LogP contribution in [0.3, 0.4) is 0 Å². The molecule has 1 aromatic carbocycles. The van der Waals surface area contributed by atoms with Gasteiger partial charge >= 0.3 is 0 Å². The van der Waals surface area contributed by atoms with E-state index in [0.29, 0.717) is 18.7 Å². The minimum absolute atomic E-state index is 0.0463. The van der Waals surface area contributed by atoms with Crippen LogP contribution in [0.25, 0.3) is 0 Å². The van der Waals surface area contributed by atoms with Gasteiger partial charge in [0, 0.05) is 26.0 Å². The summed E-state index contributed by atoms with van der Waals surface area (Å²) in [6.45, 7) is 4.83. The fourth-order valence-electron chi connectivity index (χ4n) is 3.93. The van der Waals surface area contributed by atoms with Crippen molar-refractivity contribution in [1.82, 2.24) is 5.32 Å². The summed E-state index contributed by atoms with van der Waals surface area (Å²) in [6.07, 6.45) is 0.160. The van der Waals surface area contributed by atoms with Crippen molar-refractivity contribution in [2.24, 2.45) is 0 Å². The Morgan fingerprint density at radius 1 is 1.33 bits per heavy atom. The molecule has 0 bridgehead atoms. The zero-order valence-electron chi connectivity index (χ0n) is 17.0. The molecule has 2 fully saturated rings. The maximum Gasteiger partial charge on any atom is 0.252 e. The summed E-state index contributed by atoms with van der Waals surface area (Å²) in [6, 6.07) is 5.79. The number of amides is 1. The summed E-state index contributed by atoms with van der Waals surface area (Å²) in [4.78, 5) is 13.2. The van der Waals surface area contributed by atoms with E-state index in [2.05, 4.69) is 11.9 Å². The van der Waals surface area contributed by atoms with Crippen molar-refractivity contribution in [1.29, 1.82) is 0 Å². The molecule has 0 spiro atoms. The normalized spacial score (nSPS) is 31.4. The van der Waals surface area contributed by atoms with Gasteiger partial charge in [-0.15, -0.1) is 6.58 Å². The zero-order chi connectivity index (χ0) is 21.6. The van der Waals surface area contributed by atoms with E-state index in [1.54, 1.807) is 12.1 Å². The Kier molecular flexibility index (Phi) is 7.96. The quantitative estimate of drug-likeness (QED) is 0.521. The van der Waals surface area contributed by atoms with Gasteiger partial charge in [-0.25, -0.2) is 4.39 Å². The number of aliphatic hydroxyl groups excluding tert-OH is 2. The van der Waals surface area contributed by atoms with Crippen LogP contribution in [0.4, 0.5) is 4.39 Å². The molecular weight excluding hydrogens is 393 g/mol. The molecule has 3 N–H and O–H groups in total. The Morgan fingerprint density at radius 2 is 2.10 bits per heavy atom. The van der Waals surface area contributed by atoms with Crippen molar-refractivity contribution in [2.75, 3.05) is 19.8 Å². The first kappa shape index (κ1) is 22.8. The minimum atomic E-state index is -1.41. The number of aliphatic hydroxyl groups is 2. The van der Waals surface area contributed by atoms with Crippen LogP contribution in [0.2, 0.25) is 0 Å². The van der Waals surface area contributed by atoms with Gasteiger partial charge in [0.15, 0.2) is 5.60 Å². The molecule has 7 nitrogen and oxygen atoms in total. The van der Waals surface area contributed by atoms with Gasteiger partial charge in [-0.1, -0.05) is 18.2 Å². The first-order valence-electron chi connectivity index (χ1n) is 10.3. The minimum Gasteiger partial charge on any atom is -0.390 e. The number of benzene rings is 1. The van der Waals surface area contributed by atoms with Crippen molar-refractivity contribution in [3.05, 3.63) is 48.3 Å². The number of ether oxygens (including phenoxy) is 3. The lowest BCUT2D eigenvalue weighted by molar-refractivity contribution is -0.196. The number of nitrogens with one attached hydrogen (secondary N) is 1. The molecule has 1 amide bonds. The maximum atomic E-state index is 13.2. The molecule has 0 radical (unpaired) electrons. The van der Waals surface area contributed by atoms with Crippen LogP contribution >= 0.6 is 0 Å². The Labute approximate surface area is 175 Å². The van der Waals surface area contributed by atoms with Crippen molar-refractivity contribution in [3.63, 3.8) is 0 Å². The Balaban J connectivity index is 1.75. The van der Waals surface area contributed by atoms with Crippen molar-refractivity contribution >= 4 is 5.91 Å². The van der Waals surface area contributed by atoms with Gasteiger partial charge in [0.1, 0.15) is 11.9 Å².